The number of hydrogen-bond donors (Lipinski definition) is 2. The van der Waals surface area contributed by atoms with Gasteiger partial charge in [0, 0.05) is 18.5 Å². The van der Waals surface area contributed by atoms with Crippen molar-refractivity contribution in [1.82, 2.24) is 5.43 Å². The molecule has 1 aliphatic carbocycles. The van der Waals surface area contributed by atoms with Crippen molar-refractivity contribution in [3.63, 3.8) is 0 Å². The molecule has 2 N–H and O–H groups in total. The summed E-state index contributed by atoms with van der Waals surface area (Å²) in [7, 11) is 0. The highest BCUT2D eigenvalue weighted by Crippen LogP contribution is 2.47. The number of rotatable bonds is 5. The van der Waals surface area contributed by atoms with E-state index in [1.807, 2.05) is 49.4 Å². The molecule has 1 fully saturated rings. The third-order valence-corrected chi connectivity index (χ3v) is 4.31. The summed E-state index contributed by atoms with van der Waals surface area (Å²) in [5, 5.41) is 6.92. The van der Waals surface area contributed by atoms with Crippen LogP contribution < -0.4 is 10.7 Å². The average Bonchev–Trinajstić information content (AvgIpc) is 3.41. The molecule has 128 valence electrons. The largest absolute Gasteiger partial charge is 0.326 e. The number of nitrogens with one attached hydrogen (secondary N) is 2. The van der Waals surface area contributed by atoms with Crippen LogP contribution in [-0.4, -0.2) is 17.5 Å². The van der Waals surface area contributed by atoms with Crippen molar-refractivity contribution in [2.24, 2.45) is 11.0 Å². The van der Waals surface area contributed by atoms with Crippen LogP contribution in [0.4, 0.5) is 5.69 Å². The lowest BCUT2D eigenvalue weighted by molar-refractivity contribution is -0.122. The van der Waals surface area contributed by atoms with E-state index < -0.39 is 0 Å². The molecule has 1 aliphatic rings. The lowest BCUT2D eigenvalue weighted by Crippen LogP contribution is -2.21. The molecule has 2 aromatic rings. The molecule has 0 aliphatic heterocycles. The van der Waals surface area contributed by atoms with Gasteiger partial charge < -0.3 is 5.32 Å². The lowest BCUT2D eigenvalue weighted by atomic mass is 10.1. The van der Waals surface area contributed by atoms with Crippen molar-refractivity contribution in [3.8, 4) is 0 Å². The first-order chi connectivity index (χ1) is 12.0. The maximum absolute atomic E-state index is 12.2. The summed E-state index contributed by atoms with van der Waals surface area (Å²) in [6.45, 7) is 3.31. The quantitative estimate of drug-likeness (QED) is 0.650. The minimum atomic E-state index is -0.109. The monoisotopic (exact) mass is 335 g/mol. The fourth-order valence-corrected chi connectivity index (χ4v) is 2.84. The topological polar surface area (TPSA) is 70.6 Å². The van der Waals surface area contributed by atoms with E-state index in [0.717, 1.165) is 23.4 Å². The average molecular weight is 335 g/mol. The van der Waals surface area contributed by atoms with Gasteiger partial charge in [0.2, 0.25) is 11.8 Å². The number of hydrogen-bond acceptors (Lipinski definition) is 3. The number of hydrazone groups is 1. The lowest BCUT2D eigenvalue weighted by Gasteiger charge is -2.05. The molecule has 0 heterocycles. The van der Waals surface area contributed by atoms with Gasteiger partial charge in [-0.1, -0.05) is 42.5 Å². The van der Waals surface area contributed by atoms with Crippen molar-refractivity contribution in [3.05, 3.63) is 65.7 Å². The molecular weight excluding hydrogens is 314 g/mol. The first-order valence-corrected chi connectivity index (χ1v) is 8.31. The Labute approximate surface area is 147 Å². The zero-order valence-corrected chi connectivity index (χ0v) is 14.3. The second-order valence-electron chi connectivity index (χ2n) is 6.29. The maximum Gasteiger partial charge on any atom is 0.243 e. The van der Waals surface area contributed by atoms with Gasteiger partial charge in [0.05, 0.1) is 5.71 Å². The Balaban J connectivity index is 1.56. The van der Waals surface area contributed by atoms with Gasteiger partial charge >= 0.3 is 0 Å². The van der Waals surface area contributed by atoms with Crippen molar-refractivity contribution in [2.75, 3.05) is 5.32 Å². The highest BCUT2D eigenvalue weighted by atomic mass is 16.2. The van der Waals surface area contributed by atoms with Crippen LogP contribution in [0.5, 0.6) is 0 Å². The Hall–Kier alpha value is -2.95. The van der Waals surface area contributed by atoms with E-state index in [2.05, 4.69) is 28.0 Å². The highest BCUT2D eigenvalue weighted by Gasteiger charge is 2.43. The Kier molecular flexibility index (Phi) is 4.93. The molecule has 0 spiro atoms. The number of anilines is 1. The zero-order valence-electron chi connectivity index (χ0n) is 14.3. The van der Waals surface area contributed by atoms with Crippen molar-refractivity contribution >= 4 is 23.2 Å². The summed E-state index contributed by atoms with van der Waals surface area (Å²) in [5.41, 5.74) is 6.22. The van der Waals surface area contributed by atoms with Crippen molar-refractivity contribution < 1.29 is 9.59 Å². The molecule has 1 saturated carbocycles. The van der Waals surface area contributed by atoms with Crippen molar-refractivity contribution in [1.29, 1.82) is 0 Å². The highest BCUT2D eigenvalue weighted by molar-refractivity contribution is 6.00. The van der Waals surface area contributed by atoms with Gasteiger partial charge in [-0.25, -0.2) is 5.43 Å². The number of nitrogens with zero attached hydrogens (tertiary/aromatic N) is 1. The SMILES string of the molecule is CC(=O)Nc1ccc(/C(C)=N\NC(=O)[C@@H]2C[C@H]2c2ccccc2)cc1. The summed E-state index contributed by atoms with van der Waals surface area (Å²) in [4.78, 5) is 23.3. The summed E-state index contributed by atoms with van der Waals surface area (Å²) >= 11 is 0. The van der Waals surface area contributed by atoms with Gasteiger partial charge in [-0.3, -0.25) is 9.59 Å². The molecule has 2 aromatic carbocycles. The molecule has 5 heteroatoms. The van der Waals surface area contributed by atoms with Gasteiger partial charge in [0.15, 0.2) is 0 Å². The Morgan fingerprint density at radius 1 is 1.00 bits per heavy atom. The molecule has 0 saturated heterocycles. The molecule has 2 amide bonds. The molecule has 0 unspecified atom stereocenters. The summed E-state index contributed by atoms with van der Waals surface area (Å²) in [5.74, 6) is 0.153. The predicted octanol–water partition coefficient (Wildman–Crippen LogP) is 3.29. The second kappa shape index (κ2) is 7.30. The minimum absolute atomic E-state index is 0.00101. The summed E-state index contributed by atoms with van der Waals surface area (Å²) in [6.07, 6.45) is 0.871. The number of carbonyl (C=O) groups excluding carboxylic acids is 2. The van der Waals surface area contributed by atoms with E-state index in [4.69, 9.17) is 0 Å². The van der Waals surface area contributed by atoms with Crippen LogP contribution >= 0.6 is 0 Å². The van der Waals surface area contributed by atoms with E-state index in [0.29, 0.717) is 5.92 Å². The molecule has 0 aromatic heterocycles. The van der Waals surface area contributed by atoms with Crippen LogP contribution in [0.15, 0.2) is 59.7 Å². The zero-order chi connectivity index (χ0) is 17.8. The van der Waals surface area contributed by atoms with Crippen LogP contribution in [0.3, 0.4) is 0 Å². The van der Waals surface area contributed by atoms with E-state index in [1.165, 1.54) is 12.5 Å². The smallest absolute Gasteiger partial charge is 0.243 e. The van der Waals surface area contributed by atoms with Crippen LogP contribution in [0.25, 0.3) is 0 Å². The standard InChI is InChI=1S/C20H21N3O2/c1-13(15-8-10-17(11-9-15)21-14(2)24)22-23-20(25)19-12-18(19)16-6-4-3-5-7-16/h3-11,18-19H,12H2,1-2H3,(H,21,24)(H,23,25)/b22-13-/t18-,19+/m0/s1. The summed E-state index contributed by atoms with van der Waals surface area (Å²) in [6, 6.07) is 17.4. The van der Waals surface area contributed by atoms with E-state index in [9.17, 15) is 9.59 Å². The predicted molar refractivity (Wildman–Crippen MR) is 98.4 cm³/mol. The number of carbonyl (C=O) groups is 2. The Morgan fingerprint density at radius 2 is 1.68 bits per heavy atom. The van der Waals surface area contributed by atoms with Gasteiger partial charge in [-0.15, -0.1) is 0 Å². The number of amides is 2. The van der Waals surface area contributed by atoms with Gasteiger partial charge in [0.25, 0.3) is 0 Å². The molecule has 3 rings (SSSR count). The third-order valence-electron chi connectivity index (χ3n) is 4.31. The molecule has 0 bridgehead atoms. The van der Waals surface area contributed by atoms with E-state index in [1.54, 1.807) is 0 Å². The first kappa shape index (κ1) is 16.9. The first-order valence-electron chi connectivity index (χ1n) is 8.31. The second-order valence-corrected chi connectivity index (χ2v) is 6.29. The van der Waals surface area contributed by atoms with Crippen LogP contribution in [0.2, 0.25) is 0 Å². The van der Waals surface area contributed by atoms with E-state index >= 15 is 0 Å². The molecular formula is C20H21N3O2. The Bertz CT molecular complexity index is 797. The third kappa shape index (κ3) is 4.32. The maximum atomic E-state index is 12.2. The van der Waals surface area contributed by atoms with Crippen molar-refractivity contribution in [2.45, 2.75) is 26.2 Å². The normalized spacial score (nSPS) is 19.2. The van der Waals surface area contributed by atoms with Crippen LogP contribution in [-0.2, 0) is 9.59 Å². The van der Waals surface area contributed by atoms with Crippen LogP contribution in [0.1, 0.15) is 37.3 Å². The van der Waals surface area contributed by atoms with E-state index in [-0.39, 0.29) is 17.7 Å². The fourth-order valence-electron chi connectivity index (χ4n) is 2.84. The molecule has 5 nitrogen and oxygen atoms in total. The minimum Gasteiger partial charge on any atom is -0.326 e. The van der Waals surface area contributed by atoms with Gasteiger partial charge in [-0.2, -0.15) is 5.10 Å². The fraction of sp³-hybridized carbons (Fsp3) is 0.250. The number of benzene rings is 2. The summed E-state index contributed by atoms with van der Waals surface area (Å²) < 4.78 is 0. The van der Waals surface area contributed by atoms with Gasteiger partial charge in [0.1, 0.15) is 0 Å². The van der Waals surface area contributed by atoms with Gasteiger partial charge in [-0.05, 0) is 42.5 Å². The van der Waals surface area contributed by atoms with Crippen LogP contribution in [0, 0.1) is 5.92 Å². The molecule has 2 atom stereocenters. The molecule has 0 radical (unpaired) electrons. The Morgan fingerprint density at radius 3 is 2.32 bits per heavy atom. The molecule has 25 heavy (non-hydrogen) atoms.